The van der Waals surface area contributed by atoms with Crippen LogP contribution in [0.2, 0.25) is 0 Å². The summed E-state index contributed by atoms with van der Waals surface area (Å²) in [6.07, 6.45) is 8.71. The van der Waals surface area contributed by atoms with Crippen LogP contribution < -0.4 is 4.74 Å². The van der Waals surface area contributed by atoms with Crippen LogP contribution in [0.4, 0.5) is 0 Å². The van der Waals surface area contributed by atoms with Crippen molar-refractivity contribution in [1.82, 2.24) is 0 Å². The third-order valence-electron chi connectivity index (χ3n) is 3.57. The maximum atomic E-state index is 10.8. The van der Waals surface area contributed by atoms with Crippen molar-refractivity contribution in [3.8, 4) is 5.75 Å². The Labute approximate surface area is 143 Å². The highest BCUT2D eigenvalue weighted by Gasteiger charge is 2.02. The monoisotopic (exact) mass is 334 g/mol. The first-order chi connectivity index (χ1) is 11.6. The van der Waals surface area contributed by atoms with E-state index >= 15 is 0 Å². The number of unbranched alkanes of at least 4 members (excludes halogenated alkanes) is 6. The Kier molecular flexibility index (Phi) is 10.0. The molecule has 1 aromatic carbocycles. The molecule has 1 N–H and O–H groups in total. The Morgan fingerprint density at radius 2 is 1.46 bits per heavy atom. The molecule has 0 aromatic heterocycles. The van der Waals surface area contributed by atoms with Crippen LogP contribution in [-0.2, 0) is 9.53 Å². The van der Waals surface area contributed by atoms with Gasteiger partial charge in [0.05, 0.1) is 18.8 Å². The van der Waals surface area contributed by atoms with E-state index in [1.54, 1.807) is 24.3 Å². The van der Waals surface area contributed by atoms with Gasteiger partial charge in [0, 0.05) is 6.08 Å². The number of benzene rings is 1. The molecular weight excluding hydrogens is 308 g/mol. The van der Waals surface area contributed by atoms with Crippen LogP contribution in [0.15, 0.2) is 36.9 Å². The second kappa shape index (κ2) is 12.2. The van der Waals surface area contributed by atoms with E-state index in [0.29, 0.717) is 19.0 Å². The van der Waals surface area contributed by atoms with Gasteiger partial charge in [-0.15, -0.1) is 0 Å². The van der Waals surface area contributed by atoms with Crippen molar-refractivity contribution < 1.29 is 24.2 Å². The number of hydrogen-bond acceptors (Lipinski definition) is 4. The van der Waals surface area contributed by atoms with Gasteiger partial charge in [0.2, 0.25) is 0 Å². The van der Waals surface area contributed by atoms with Crippen LogP contribution in [0, 0.1) is 0 Å². The lowest BCUT2D eigenvalue weighted by atomic mass is 10.1. The number of esters is 1. The number of hydrogen-bond donors (Lipinski definition) is 1. The predicted molar refractivity (Wildman–Crippen MR) is 92.4 cm³/mol. The second-order valence-electron chi connectivity index (χ2n) is 5.52. The first-order valence-electron chi connectivity index (χ1n) is 8.39. The van der Waals surface area contributed by atoms with Gasteiger partial charge in [0.25, 0.3) is 0 Å². The normalized spacial score (nSPS) is 10.2. The molecule has 0 unspecified atom stereocenters. The molecule has 5 nitrogen and oxygen atoms in total. The van der Waals surface area contributed by atoms with E-state index in [0.717, 1.165) is 38.5 Å². The van der Waals surface area contributed by atoms with Crippen LogP contribution in [0.1, 0.15) is 55.3 Å². The molecule has 0 spiro atoms. The highest BCUT2D eigenvalue weighted by atomic mass is 16.5. The smallest absolute Gasteiger partial charge is 0.335 e. The molecule has 132 valence electrons. The third kappa shape index (κ3) is 8.98. The molecule has 0 fully saturated rings. The molecule has 0 atom stereocenters. The maximum absolute atomic E-state index is 10.8. The number of ether oxygens (including phenoxy) is 2. The van der Waals surface area contributed by atoms with Crippen LogP contribution in [0.25, 0.3) is 0 Å². The predicted octanol–water partition coefficient (Wildman–Crippen LogP) is 4.22. The number of carbonyl (C=O) groups is 2. The van der Waals surface area contributed by atoms with Gasteiger partial charge >= 0.3 is 11.9 Å². The van der Waals surface area contributed by atoms with Gasteiger partial charge in [0.1, 0.15) is 5.75 Å². The Balaban J connectivity index is 1.92. The Morgan fingerprint density at radius 3 is 2.00 bits per heavy atom. The summed E-state index contributed by atoms with van der Waals surface area (Å²) in [7, 11) is 0. The molecule has 0 heterocycles. The minimum absolute atomic E-state index is 0.265. The summed E-state index contributed by atoms with van der Waals surface area (Å²) >= 11 is 0. The molecule has 5 heteroatoms. The van der Waals surface area contributed by atoms with Crippen LogP contribution in [0.5, 0.6) is 5.75 Å². The molecule has 0 saturated carbocycles. The maximum Gasteiger partial charge on any atom is 0.335 e. The second-order valence-corrected chi connectivity index (χ2v) is 5.52. The number of rotatable bonds is 13. The van der Waals surface area contributed by atoms with Gasteiger partial charge in [-0.05, 0) is 37.1 Å². The average Bonchev–Trinajstić information content (AvgIpc) is 2.59. The Hall–Kier alpha value is -2.30. The molecular formula is C19H26O5. The number of aromatic carboxylic acids is 1. The fraction of sp³-hybridized carbons (Fsp3) is 0.474. The van der Waals surface area contributed by atoms with Crippen LogP contribution in [0.3, 0.4) is 0 Å². The zero-order valence-electron chi connectivity index (χ0n) is 14.0. The van der Waals surface area contributed by atoms with E-state index in [4.69, 9.17) is 14.6 Å². The molecule has 24 heavy (non-hydrogen) atoms. The average molecular weight is 334 g/mol. The summed E-state index contributed by atoms with van der Waals surface area (Å²) in [5.41, 5.74) is 0.265. The lowest BCUT2D eigenvalue weighted by Crippen LogP contribution is -2.01. The van der Waals surface area contributed by atoms with Crippen molar-refractivity contribution in [3.05, 3.63) is 42.5 Å². The molecule has 0 saturated heterocycles. The zero-order valence-corrected chi connectivity index (χ0v) is 14.0. The van der Waals surface area contributed by atoms with Crippen molar-refractivity contribution in [2.24, 2.45) is 0 Å². The van der Waals surface area contributed by atoms with Gasteiger partial charge in [-0.1, -0.05) is 38.7 Å². The van der Waals surface area contributed by atoms with Crippen molar-refractivity contribution in [1.29, 1.82) is 0 Å². The fourth-order valence-corrected chi connectivity index (χ4v) is 2.20. The summed E-state index contributed by atoms with van der Waals surface area (Å²) in [6, 6.07) is 6.46. The molecule has 0 bridgehead atoms. The van der Waals surface area contributed by atoms with Gasteiger partial charge in [-0.25, -0.2) is 9.59 Å². The summed E-state index contributed by atoms with van der Waals surface area (Å²) in [4.78, 5) is 21.6. The molecule has 0 aliphatic heterocycles. The summed E-state index contributed by atoms with van der Waals surface area (Å²) < 4.78 is 10.5. The standard InChI is InChI=1S/C19H26O5/c1-2-18(20)24-15-9-7-5-3-4-6-8-14-23-17-12-10-16(11-13-17)19(21)22/h2,10-13H,1,3-9,14-15H2,(H,21,22). The van der Waals surface area contributed by atoms with E-state index in [-0.39, 0.29) is 11.5 Å². The molecule has 0 aliphatic rings. The largest absolute Gasteiger partial charge is 0.494 e. The van der Waals surface area contributed by atoms with Crippen molar-refractivity contribution in [3.63, 3.8) is 0 Å². The van der Waals surface area contributed by atoms with E-state index in [2.05, 4.69) is 6.58 Å². The first kappa shape index (κ1) is 19.7. The van der Waals surface area contributed by atoms with E-state index < -0.39 is 5.97 Å². The van der Waals surface area contributed by atoms with Crippen molar-refractivity contribution in [2.75, 3.05) is 13.2 Å². The lowest BCUT2D eigenvalue weighted by molar-refractivity contribution is -0.137. The number of carbonyl (C=O) groups excluding carboxylic acids is 1. The van der Waals surface area contributed by atoms with Gasteiger partial charge in [0.15, 0.2) is 0 Å². The first-order valence-corrected chi connectivity index (χ1v) is 8.39. The van der Waals surface area contributed by atoms with E-state index in [1.807, 2.05) is 0 Å². The molecule has 1 aromatic rings. The van der Waals surface area contributed by atoms with Gasteiger partial charge in [-0.2, -0.15) is 0 Å². The summed E-state index contributed by atoms with van der Waals surface area (Å²) in [5, 5.41) is 8.81. The van der Waals surface area contributed by atoms with Crippen LogP contribution >= 0.6 is 0 Å². The Bertz CT molecular complexity index is 507. The highest BCUT2D eigenvalue weighted by Crippen LogP contribution is 2.13. The van der Waals surface area contributed by atoms with Gasteiger partial charge < -0.3 is 14.6 Å². The van der Waals surface area contributed by atoms with E-state index in [9.17, 15) is 9.59 Å². The SMILES string of the molecule is C=CC(=O)OCCCCCCCCCOc1ccc(C(=O)O)cc1. The lowest BCUT2D eigenvalue weighted by Gasteiger charge is -2.06. The quantitative estimate of drug-likeness (QED) is 0.332. The van der Waals surface area contributed by atoms with Crippen LogP contribution in [-0.4, -0.2) is 30.3 Å². The fourth-order valence-electron chi connectivity index (χ4n) is 2.20. The van der Waals surface area contributed by atoms with Crippen molar-refractivity contribution >= 4 is 11.9 Å². The highest BCUT2D eigenvalue weighted by molar-refractivity contribution is 5.87. The Morgan fingerprint density at radius 1 is 0.917 bits per heavy atom. The number of carboxylic acid groups (broad SMARTS) is 1. The minimum atomic E-state index is -0.930. The zero-order chi connectivity index (χ0) is 17.6. The van der Waals surface area contributed by atoms with Crippen molar-refractivity contribution in [2.45, 2.75) is 44.9 Å². The topological polar surface area (TPSA) is 72.8 Å². The van der Waals surface area contributed by atoms with Gasteiger partial charge in [-0.3, -0.25) is 0 Å². The van der Waals surface area contributed by atoms with E-state index in [1.165, 1.54) is 12.5 Å². The molecule has 0 radical (unpaired) electrons. The molecule has 1 rings (SSSR count). The molecule has 0 aliphatic carbocycles. The summed E-state index contributed by atoms with van der Waals surface area (Å²) in [6.45, 7) is 4.46. The third-order valence-corrected chi connectivity index (χ3v) is 3.57. The summed E-state index contributed by atoms with van der Waals surface area (Å²) in [5.74, 6) is -0.581. The minimum Gasteiger partial charge on any atom is -0.494 e. The number of carboxylic acids is 1. The molecule has 0 amide bonds.